The highest BCUT2D eigenvalue weighted by Crippen LogP contribution is 2.20. The summed E-state index contributed by atoms with van der Waals surface area (Å²) < 4.78 is 10.3. The van der Waals surface area contributed by atoms with Crippen LogP contribution in [0.25, 0.3) is 0 Å². The number of hydrogen-bond donors (Lipinski definition) is 0. The highest BCUT2D eigenvalue weighted by atomic mass is 16.7. The predicted octanol–water partition coefficient (Wildman–Crippen LogP) is 1.92. The Hall–Kier alpha value is -1.63. The van der Waals surface area contributed by atoms with Crippen LogP contribution < -0.4 is 0 Å². The Morgan fingerprint density at radius 1 is 1.31 bits per heavy atom. The summed E-state index contributed by atoms with van der Waals surface area (Å²) in [4.78, 5) is 10.2. The highest BCUT2D eigenvalue weighted by Gasteiger charge is 2.11. The number of rotatable bonds is 4. The molecule has 0 saturated heterocycles. The van der Waals surface area contributed by atoms with Gasteiger partial charge in [0.25, 0.3) is 0 Å². The van der Waals surface area contributed by atoms with Gasteiger partial charge in [0.2, 0.25) is 0 Å². The van der Waals surface area contributed by atoms with Crippen LogP contribution in [0.5, 0.6) is 0 Å². The van der Waals surface area contributed by atoms with Gasteiger partial charge in [0.15, 0.2) is 6.29 Å². The minimum absolute atomic E-state index is 0.235. The van der Waals surface area contributed by atoms with E-state index in [4.69, 9.17) is 9.47 Å². The molecule has 0 bridgehead atoms. The van der Waals surface area contributed by atoms with Crippen molar-refractivity contribution < 1.29 is 14.3 Å². The topological polar surface area (TPSA) is 35.5 Å². The normalized spacial score (nSPS) is 9.69. The molecule has 84 valence electrons. The first-order chi connectivity index (χ1) is 7.83. The predicted molar refractivity (Wildman–Crippen MR) is 60.8 cm³/mol. The molecule has 0 spiro atoms. The van der Waals surface area contributed by atoms with Crippen molar-refractivity contribution in [3.05, 3.63) is 35.4 Å². The number of carbonyl (C=O) groups is 1. The number of benzene rings is 1. The first kappa shape index (κ1) is 12.4. The van der Waals surface area contributed by atoms with E-state index < -0.39 is 6.29 Å². The van der Waals surface area contributed by atoms with Crippen LogP contribution in [0.15, 0.2) is 24.3 Å². The van der Waals surface area contributed by atoms with Crippen molar-refractivity contribution in [1.82, 2.24) is 0 Å². The lowest BCUT2D eigenvalue weighted by molar-refractivity contribution is -0.107. The van der Waals surface area contributed by atoms with Crippen LogP contribution in [0.2, 0.25) is 0 Å². The van der Waals surface area contributed by atoms with Gasteiger partial charge in [-0.3, -0.25) is 0 Å². The fourth-order valence-corrected chi connectivity index (χ4v) is 1.35. The van der Waals surface area contributed by atoms with Gasteiger partial charge in [0.1, 0.15) is 6.29 Å². The number of ether oxygens (including phenoxy) is 2. The zero-order valence-corrected chi connectivity index (χ0v) is 9.40. The lowest BCUT2D eigenvalue weighted by atomic mass is 10.1. The standard InChI is InChI=1S/C13H14O3/c1-15-13(16-2)12-9-4-3-7-11(12)8-5-6-10-14/h3-4,7,9-10,13H,6H2,1-2H3. The Kier molecular flexibility index (Phi) is 5.27. The average Bonchev–Trinajstić information content (AvgIpc) is 2.33. The molecule has 0 N–H and O–H groups in total. The van der Waals surface area contributed by atoms with E-state index in [2.05, 4.69) is 11.8 Å². The molecule has 0 aliphatic rings. The SMILES string of the molecule is COC(OC)c1ccccc1C#CCC=O. The molecule has 0 fully saturated rings. The van der Waals surface area contributed by atoms with Crippen LogP contribution in [-0.4, -0.2) is 20.5 Å². The van der Waals surface area contributed by atoms with E-state index in [0.717, 1.165) is 17.4 Å². The number of hydrogen-bond acceptors (Lipinski definition) is 3. The van der Waals surface area contributed by atoms with Gasteiger partial charge >= 0.3 is 0 Å². The molecule has 0 radical (unpaired) electrons. The first-order valence-corrected chi connectivity index (χ1v) is 4.90. The second-order valence-corrected chi connectivity index (χ2v) is 3.06. The molecule has 0 heterocycles. The highest BCUT2D eigenvalue weighted by molar-refractivity contribution is 5.55. The summed E-state index contributed by atoms with van der Waals surface area (Å²) in [5, 5.41) is 0. The molecule has 1 rings (SSSR count). The molecule has 1 aromatic rings. The quantitative estimate of drug-likeness (QED) is 0.440. The molecule has 1 aromatic carbocycles. The zero-order chi connectivity index (χ0) is 11.8. The Bertz CT molecular complexity index is 397. The van der Waals surface area contributed by atoms with Crippen molar-refractivity contribution in [2.45, 2.75) is 12.7 Å². The summed E-state index contributed by atoms with van der Waals surface area (Å²) in [6, 6.07) is 7.54. The smallest absolute Gasteiger partial charge is 0.184 e. The second kappa shape index (κ2) is 6.78. The van der Waals surface area contributed by atoms with E-state index in [1.165, 1.54) is 0 Å². The monoisotopic (exact) mass is 218 g/mol. The van der Waals surface area contributed by atoms with Gasteiger partial charge in [-0.25, -0.2) is 0 Å². The lowest BCUT2D eigenvalue weighted by Gasteiger charge is -2.14. The van der Waals surface area contributed by atoms with E-state index >= 15 is 0 Å². The van der Waals surface area contributed by atoms with Gasteiger partial charge in [-0.1, -0.05) is 30.0 Å². The fourth-order valence-electron chi connectivity index (χ4n) is 1.35. The largest absolute Gasteiger partial charge is 0.352 e. The molecular weight excluding hydrogens is 204 g/mol. The molecule has 3 heteroatoms. The van der Waals surface area contributed by atoms with Crippen molar-refractivity contribution in [2.75, 3.05) is 14.2 Å². The Morgan fingerprint density at radius 2 is 2.00 bits per heavy atom. The summed E-state index contributed by atoms with van der Waals surface area (Å²) in [7, 11) is 3.15. The average molecular weight is 218 g/mol. The Balaban J connectivity index is 3.00. The fraction of sp³-hybridized carbons (Fsp3) is 0.308. The lowest BCUT2D eigenvalue weighted by Crippen LogP contribution is -2.05. The van der Waals surface area contributed by atoms with Gasteiger partial charge < -0.3 is 14.3 Å². The maximum absolute atomic E-state index is 10.2. The number of aldehydes is 1. The molecular formula is C13H14O3. The van der Waals surface area contributed by atoms with Gasteiger partial charge in [-0.2, -0.15) is 0 Å². The van der Waals surface area contributed by atoms with Crippen molar-refractivity contribution in [3.63, 3.8) is 0 Å². The van der Waals surface area contributed by atoms with Gasteiger partial charge in [-0.05, 0) is 6.07 Å². The maximum Gasteiger partial charge on any atom is 0.184 e. The van der Waals surface area contributed by atoms with Crippen molar-refractivity contribution in [3.8, 4) is 11.8 Å². The summed E-state index contributed by atoms with van der Waals surface area (Å²) in [5.41, 5.74) is 1.68. The summed E-state index contributed by atoms with van der Waals surface area (Å²) >= 11 is 0. The van der Waals surface area contributed by atoms with Gasteiger partial charge in [-0.15, -0.1) is 0 Å². The summed E-state index contributed by atoms with van der Waals surface area (Å²) in [6.45, 7) is 0. The summed E-state index contributed by atoms with van der Waals surface area (Å²) in [6.07, 6.45) is 0.584. The minimum atomic E-state index is -0.429. The van der Waals surface area contributed by atoms with Gasteiger partial charge in [0.05, 0.1) is 6.42 Å². The zero-order valence-electron chi connectivity index (χ0n) is 9.40. The van der Waals surface area contributed by atoms with E-state index in [0.29, 0.717) is 0 Å². The molecule has 3 nitrogen and oxygen atoms in total. The van der Waals surface area contributed by atoms with E-state index in [1.54, 1.807) is 14.2 Å². The first-order valence-electron chi connectivity index (χ1n) is 4.90. The third kappa shape index (κ3) is 3.20. The van der Waals surface area contributed by atoms with Crippen LogP contribution in [0, 0.1) is 11.8 Å². The van der Waals surface area contributed by atoms with E-state index in [-0.39, 0.29) is 6.42 Å². The number of carbonyl (C=O) groups excluding carboxylic acids is 1. The third-order valence-corrected chi connectivity index (χ3v) is 2.05. The molecule has 16 heavy (non-hydrogen) atoms. The Labute approximate surface area is 95.4 Å². The minimum Gasteiger partial charge on any atom is -0.352 e. The molecule has 0 saturated carbocycles. The summed E-state index contributed by atoms with van der Waals surface area (Å²) in [5.74, 6) is 5.69. The van der Waals surface area contributed by atoms with Gasteiger partial charge in [0, 0.05) is 25.3 Å². The second-order valence-electron chi connectivity index (χ2n) is 3.06. The molecule has 0 aliphatic carbocycles. The molecule has 0 aromatic heterocycles. The van der Waals surface area contributed by atoms with Crippen LogP contribution in [-0.2, 0) is 14.3 Å². The van der Waals surface area contributed by atoms with Crippen LogP contribution >= 0.6 is 0 Å². The van der Waals surface area contributed by atoms with E-state index in [1.807, 2.05) is 24.3 Å². The van der Waals surface area contributed by atoms with Crippen molar-refractivity contribution >= 4 is 6.29 Å². The van der Waals surface area contributed by atoms with E-state index in [9.17, 15) is 4.79 Å². The van der Waals surface area contributed by atoms with Crippen molar-refractivity contribution in [2.24, 2.45) is 0 Å². The molecule has 0 aliphatic heterocycles. The maximum atomic E-state index is 10.2. The molecule has 0 atom stereocenters. The van der Waals surface area contributed by atoms with Crippen LogP contribution in [0.4, 0.5) is 0 Å². The Morgan fingerprint density at radius 3 is 2.62 bits per heavy atom. The van der Waals surface area contributed by atoms with Crippen LogP contribution in [0.1, 0.15) is 23.8 Å². The molecule has 0 unspecified atom stereocenters. The number of methoxy groups -OCH3 is 2. The molecule has 0 amide bonds. The van der Waals surface area contributed by atoms with Crippen molar-refractivity contribution in [1.29, 1.82) is 0 Å². The van der Waals surface area contributed by atoms with Crippen LogP contribution in [0.3, 0.4) is 0 Å². The third-order valence-electron chi connectivity index (χ3n) is 2.05.